The molecule has 1 nitrogen and oxygen atoms in total. The maximum atomic E-state index is 12.0. The van der Waals surface area contributed by atoms with E-state index in [2.05, 4.69) is 0 Å². The maximum absolute atomic E-state index is 12.0. The molecule has 0 amide bonds. The van der Waals surface area contributed by atoms with Gasteiger partial charge in [-0.3, -0.25) is 0 Å². The summed E-state index contributed by atoms with van der Waals surface area (Å²) < 4.78 is 35.9. The van der Waals surface area contributed by atoms with Gasteiger partial charge in [0.05, 0.1) is 6.10 Å². The summed E-state index contributed by atoms with van der Waals surface area (Å²) in [6, 6.07) is 5.35. The first-order valence-corrected chi connectivity index (χ1v) is 5.11. The lowest BCUT2D eigenvalue weighted by Crippen LogP contribution is -2.10. The zero-order valence-corrected chi connectivity index (χ0v) is 9.30. The highest BCUT2D eigenvalue weighted by Crippen LogP contribution is 2.28. The first kappa shape index (κ1) is 13.0. The number of alkyl halides is 3. The van der Waals surface area contributed by atoms with Crippen LogP contribution in [0.1, 0.15) is 35.6 Å². The Bertz CT molecular complexity index is 338. The number of halogens is 3. The largest absolute Gasteiger partial charge is 0.389 e. The number of benzene rings is 1. The van der Waals surface area contributed by atoms with Crippen LogP contribution in [0.15, 0.2) is 18.2 Å². The zero-order chi connectivity index (χ0) is 12.3. The van der Waals surface area contributed by atoms with E-state index in [1.807, 2.05) is 19.9 Å². The van der Waals surface area contributed by atoms with Crippen LogP contribution in [0.3, 0.4) is 0 Å². The molecule has 0 aromatic heterocycles. The molecule has 1 aromatic carbocycles. The molecule has 1 N–H and O–H groups in total. The van der Waals surface area contributed by atoms with Crippen molar-refractivity contribution < 1.29 is 18.3 Å². The van der Waals surface area contributed by atoms with Gasteiger partial charge in [0.2, 0.25) is 0 Å². The van der Waals surface area contributed by atoms with Gasteiger partial charge in [-0.05, 0) is 25.8 Å². The van der Waals surface area contributed by atoms with Crippen LogP contribution in [0.5, 0.6) is 0 Å². The van der Waals surface area contributed by atoms with Gasteiger partial charge < -0.3 is 5.11 Å². The molecular weight excluding hydrogens is 217 g/mol. The van der Waals surface area contributed by atoms with E-state index < -0.39 is 18.7 Å². The van der Waals surface area contributed by atoms with Crippen molar-refractivity contribution in [1.29, 1.82) is 0 Å². The van der Waals surface area contributed by atoms with E-state index in [0.717, 1.165) is 11.1 Å². The lowest BCUT2D eigenvalue weighted by Gasteiger charge is -2.14. The first-order chi connectivity index (χ1) is 7.28. The fourth-order valence-corrected chi connectivity index (χ4v) is 1.67. The number of hydrogen-bond donors (Lipinski definition) is 1. The van der Waals surface area contributed by atoms with Crippen LogP contribution >= 0.6 is 0 Å². The highest BCUT2D eigenvalue weighted by Gasteiger charge is 2.28. The van der Waals surface area contributed by atoms with Crippen LogP contribution in [-0.2, 0) is 0 Å². The molecule has 4 heteroatoms. The average Bonchev–Trinajstić information content (AvgIpc) is 2.11. The van der Waals surface area contributed by atoms with E-state index in [1.54, 1.807) is 12.1 Å². The molecule has 0 heterocycles. The van der Waals surface area contributed by atoms with Crippen molar-refractivity contribution in [1.82, 2.24) is 0 Å². The predicted molar refractivity (Wildman–Crippen MR) is 56.2 cm³/mol. The van der Waals surface area contributed by atoms with Crippen LogP contribution in [-0.4, -0.2) is 11.3 Å². The molecule has 0 radical (unpaired) electrons. The normalized spacial score (nSPS) is 13.9. The standard InChI is InChI=1S/C12H15F3O/c1-8-5-9(2)7-10(6-8)11(16)3-4-12(13,14)15/h5-7,11,16H,3-4H2,1-2H3. The minimum atomic E-state index is -4.21. The van der Waals surface area contributed by atoms with E-state index in [-0.39, 0.29) is 6.42 Å². The number of aliphatic hydroxyl groups is 1. The highest BCUT2D eigenvalue weighted by molar-refractivity contribution is 5.29. The number of rotatable bonds is 3. The SMILES string of the molecule is Cc1cc(C)cc(C(O)CCC(F)(F)F)c1. The zero-order valence-electron chi connectivity index (χ0n) is 9.30. The molecule has 0 aliphatic heterocycles. The second kappa shape index (κ2) is 4.87. The minimum absolute atomic E-state index is 0.285. The Morgan fingerprint density at radius 1 is 1.12 bits per heavy atom. The molecular formula is C12H15F3O. The van der Waals surface area contributed by atoms with Crippen molar-refractivity contribution in [2.24, 2.45) is 0 Å². The topological polar surface area (TPSA) is 20.2 Å². The molecule has 0 spiro atoms. The first-order valence-electron chi connectivity index (χ1n) is 5.11. The molecule has 90 valence electrons. The van der Waals surface area contributed by atoms with Gasteiger partial charge in [-0.2, -0.15) is 13.2 Å². The number of aryl methyl sites for hydroxylation is 2. The molecule has 1 rings (SSSR count). The molecule has 1 aromatic rings. The highest BCUT2D eigenvalue weighted by atomic mass is 19.4. The summed E-state index contributed by atoms with van der Waals surface area (Å²) in [7, 11) is 0. The fraction of sp³-hybridized carbons (Fsp3) is 0.500. The summed E-state index contributed by atoms with van der Waals surface area (Å²) in [5.41, 5.74) is 2.45. The minimum Gasteiger partial charge on any atom is -0.388 e. The quantitative estimate of drug-likeness (QED) is 0.842. The monoisotopic (exact) mass is 232 g/mol. The Morgan fingerprint density at radius 3 is 2.06 bits per heavy atom. The smallest absolute Gasteiger partial charge is 0.388 e. The Balaban J connectivity index is 2.69. The Morgan fingerprint density at radius 2 is 1.62 bits per heavy atom. The fourth-order valence-electron chi connectivity index (χ4n) is 1.67. The Hall–Kier alpha value is -1.03. The third-order valence-corrected chi connectivity index (χ3v) is 2.33. The molecule has 0 aliphatic rings. The second-order valence-corrected chi connectivity index (χ2v) is 4.09. The Labute approximate surface area is 92.9 Å². The van der Waals surface area contributed by atoms with Gasteiger partial charge in [0.15, 0.2) is 0 Å². The van der Waals surface area contributed by atoms with Crippen LogP contribution in [0.25, 0.3) is 0 Å². The summed E-state index contributed by atoms with van der Waals surface area (Å²) in [5, 5.41) is 9.63. The van der Waals surface area contributed by atoms with Crippen molar-refractivity contribution in [2.75, 3.05) is 0 Å². The molecule has 0 bridgehead atoms. The second-order valence-electron chi connectivity index (χ2n) is 4.09. The van der Waals surface area contributed by atoms with Gasteiger partial charge in [0.25, 0.3) is 0 Å². The van der Waals surface area contributed by atoms with Gasteiger partial charge in [0.1, 0.15) is 0 Å². The third-order valence-electron chi connectivity index (χ3n) is 2.33. The van der Waals surface area contributed by atoms with Gasteiger partial charge in [-0.1, -0.05) is 29.3 Å². The summed E-state index contributed by atoms with van der Waals surface area (Å²) >= 11 is 0. The van der Waals surface area contributed by atoms with E-state index >= 15 is 0 Å². The van der Waals surface area contributed by atoms with E-state index in [4.69, 9.17) is 0 Å². The van der Waals surface area contributed by atoms with Gasteiger partial charge in [-0.15, -0.1) is 0 Å². The van der Waals surface area contributed by atoms with E-state index in [9.17, 15) is 18.3 Å². The van der Waals surface area contributed by atoms with Crippen molar-refractivity contribution in [3.63, 3.8) is 0 Å². The molecule has 0 fully saturated rings. The van der Waals surface area contributed by atoms with Gasteiger partial charge >= 0.3 is 6.18 Å². The molecule has 16 heavy (non-hydrogen) atoms. The average molecular weight is 232 g/mol. The van der Waals surface area contributed by atoms with Crippen LogP contribution in [0, 0.1) is 13.8 Å². The van der Waals surface area contributed by atoms with Crippen molar-refractivity contribution in [3.8, 4) is 0 Å². The number of aliphatic hydroxyl groups excluding tert-OH is 1. The Kier molecular flexibility index (Phi) is 3.97. The summed E-state index contributed by atoms with van der Waals surface area (Å²) in [4.78, 5) is 0. The van der Waals surface area contributed by atoms with Gasteiger partial charge in [-0.25, -0.2) is 0 Å². The van der Waals surface area contributed by atoms with Crippen LogP contribution in [0.4, 0.5) is 13.2 Å². The third kappa shape index (κ3) is 4.23. The summed E-state index contributed by atoms with van der Waals surface area (Å²) in [6.45, 7) is 3.71. The van der Waals surface area contributed by atoms with Crippen molar-refractivity contribution >= 4 is 0 Å². The molecule has 0 aliphatic carbocycles. The van der Waals surface area contributed by atoms with Crippen molar-refractivity contribution in [3.05, 3.63) is 34.9 Å². The van der Waals surface area contributed by atoms with E-state index in [1.165, 1.54) is 0 Å². The van der Waals surface area contributed by atoms with Gasteiger partial charge in [0, 0.05) is 6.42 Å². The molecule has 0 saturated heterocycles. The summed E-state index contributed by atoms with van der Waals surface area (Å²) in [6.07, 6.45) is -6.49. The number of hydrogen-bond acceptors (Lipinski definition) is 1. The van der Waals surface area contributed by atoms with Crippen LogP contribution in [0.2, 0.25) is 0 Å². The molecule has 1 atom stereocenters. The summed E-state index contributed by atoms with van der Waals surface area (Å²) in [5.74, 6) is 0. The predicted octanol–water partition coefficient (Wildman–Crippen LogP) is 3.68. The van der Waals surface area contributed by atoms with Crippen LogP contribution < -0.4 is 0 Å². The lowest BCUT2D eigenvalue weighted by atomic mass is 10.0. The molecule has 0 saturated carbocycles. The lowest BCUT2D eigenvalue weighted by molar-refractivity contribution is -0.140. The molecule has 1 unspecified atom stereocenters. The van der Waals surface area contributed by atoms with E-state index in [0.29, 0.717) is 5.56 Å². The maximum Gasteiger partial charge on any atom is 0.389 e. The van der Waals surface area contributed by atoms with Crippen molar-refractivity contribution in [2.45, 2.75) is 39.0 Å².